The van der Waals surface area contributed by atoms with Gasteiger partial charge in [-0.1, -0.05) is 29.8 Å². The molecule has 0 fully saturated rings. The van der Waals surface area contributed by atoms with Crippen molar-refractivity contribution < 1.29 is 14.3 Å². The van der Waals surface area contributed by atoms with Gasteiger partial charge in [0.25, 0.3) is 0 Å². The number of aliphatic hydroxyl groups is 1. The summed E-state index contributed by atoms with van der Waals surface area (Å²) in [5, 5.41) is 15.5. The van der Waals surface area contributed by atoms with Crippen molar-refractivity contribution in [3.8, 4) is 0 Å². The molecule has 0 radical (unpaired) electrons. The second-order valence-electron chi connectivity index (χ2n) is 4.89. The molecular formula is C16H16ClFN2O2. The average Bonchev–Trinajstić information content (AvgIpc) is 2.48. The van der Waals surface area contributed by atoms with E-state index in [1.54, 1.807) is 12.1 Å². The molecule has 2 rings (SSSR count). The number of rotatable bonds is 4. The highest BCUT2D eigenvalue weighted by molar-refractivity contribution is 6.33. The summed E-state index contributed by atoms with van der Waals surface area (Å²) in [5.41, 5.74) is 2.00. The Morgan fingerprint density at radius 2 is 1.95 bits per heavy atom. The van der Waals surface area contributed by atoms with E-state index in [2.05, 4.69) is 10.6 Å². The van der Waals surface area contributed by atoms with Crippen molar-refractivity contribution in [1.82, 2.24) is 5.32 Å². The van der Waals surface area contributed by atoms with E-state index >= 15 is 0 Å². The number of amides is 2. The molecule has 0 heterocycles. The van der Waals surface area contributed by atoms with E-state index in [0.29, 0.717) is 16.3 Å². The van der Waals surface area contributed by atoms with Crippen LogP contribution in [0.5, 0.6) is 0 Å². The van der Waals surface area contributed by atoms with E-state index < -0.39 is 12.1 Å². The number of benzene rings is 2. The van der Waals surface area contributed by atoms with Crippen molar-refractivity contribution in [3.63, 3.8) is 0 Å². The summed E-state index contributed by atoms with van der Waals surface area (Å²) >= 11 is 6.02. The molecule has 4 nitrogen and oxygen atoms in total. The van der Waals surface area contributed by atoms with Gasteiger partial charge in [-0.15, -0.1) is 0 Å². The molecule has 0 aromatic heterocycles. The average molecular weight is 323 g/mol. The maximum absolute atomic E-state index is 12.8. The van der Waals surface area contributed by atoms with E-state index in [1.807, 2.05) is 13.0 Å². The van der Waals surface area contributed by atoms with Gasteiger partial charge < -0.3 is 15.7 Å². The van der Waals surface area contributed by atoms with E-state index in [9.17, 15) is 14.3 Å². The summed E-state index contributed by atoms with van der Waals surface area (Å²) in [6.45, 7) is 1.90. The van der Waals surface area contributed by atoms with Crippen molar-refractivity contribution in [2.24, 2.45) is 0 Å². The number of aliphatic hydroxyl groups excluding tert-OH is 1. The van der Waals surface area contributed by atoms with Crippen LogP contribution in [0, 0.1) is 12.7 Å². The summed E-state index contributed by atoms with van der Waals surface area (Å²) in [6, 6.07) is 10.2. The highest BCUT2D eigenvalue weighted by atomic mass is 35.5. The number of aryl methyl sites for hydroxylation is 1. The number of carbonyl (C=O) groups is 1. The lowest BCUT2D eigenvalue weighted by atomic mass is 10.1. The zero-order chi connectivity index (χ0) is 16.1. The molecule has 2 aromatic carbocycles. The minimum absolute atomic E-state index is 0.000939. The van der Waals surface area contributed by atoms with Crippen LogP contribution in [0.1, 0.15) is 17.2 Å². The fourth-order valence-electron chi connectivity index (χ4n) is 1.88. The lowest BCUT2D eigenvalue weighted by molar-refractivity contribution is 0.175. The Bertz CT molecular complexity index is 662. The SMILES string of the molecule is Cc1ccc(NC(=O)NCC(O)c2ccc(F)cc2)c(Cl)c1. The molecule has 2 amide bonds. The minimum atomic E-state index is -0.917. The Hall–Kier alpha value is -2.11. The summed E-state index contributed by atoms with van der Waals surface area (Å²) in [4.78, 5) is 11.8. The third-order valence-electron chi connectivity index (χ3n) is 3.08. The zero-order valence-corrected chi connectivity index (χ0v) is 12.7. The van der Waals surface area contributed by atoms with Gasteiger partial charge in [0.05, 0.1) is 16.8 Å². The molecule has 1 atom stereocenters. The second kappa shape index (κ2) is 7.24. The Balaban J connectivity index is 1.88. The van der Waals surface area contributed by atoms with Crippen molar-refractivity contribution >= 4 is 23.3 Å². The van der Waals surface area contributed by atoms with Crippen LogP contribution >= 0.6 is 11.6 Å². The fourth-order valence-corrected chi connectivity index (χ4v) is 2.16. The minimum Gasteiger partial charge on any atom is -0.387 e. The van der Waals surface area contributed by atoms with Crippen molar-refractivity contribution in [1.29, 1.82) is 0 Å². The van der Waals surface area contributed by atoms with Crippen LogP contribution in [0.2, 0.25) is 5.02 Å². The quantitative estimate of drug-likeness (QED) is 0.804. The number of halogens is 2. The third kappa shape index (κ3) is 4.44. The molecule has 6 heteroatoms. The summed E-state index contributed by atoms with van der Waals surface area (Å²) in [5.74, 6) is -0.379. The second-order valence-corrected chi connectivity index (χ2v) is 5.29. The zero-order valence-electron chi connectivity index (χ0n) is 11.9. The lowest BCUT2D eigenvalue weighted by Crippen LogP contribution is -2.32. The van der Waals surface area contributed by atoms with Gasteiger partial charge in [-0.05, 0) is 42.3 Å². The first-order valence-electron chi connectivity index (χ1n) is 6.70. The van der Waals surface area contributed by atoms with Crippen LogP contribution in [-0.4, -0.2) is 17.7 Å². The molecule has 0 saturated carbocycles. The Morgan fingerprint density at radius 3 is 2.59 bits per heavy atom. The smallest absolute Gasteiger partial charge is 0.319 e. The maximum atomic E-state index is 12.8. The Labute approximate surface area is 132 Å². The van der Waals surface area contributed by atoms with Gasteiger partial charge in [-0.3, -0.25) is 0 Å². The summed E-state index contributed by atoms with van der Waals surface area (Å²) in [7, 11) is 0. The fraction of sp³-hybridized carbons (Fsp3) is 0.188. The van der Waals surface area contributed by atoms with Crippen molar-refractivity contribution in [2.45, 2.75) is 13.0 Å². The predicted molar refractivity (Wildman–Crippen MR) is 84.6 cm³/mol. The van der Waals surface area contributed by atoms with E-state index in [-0.39, 0.29) is 12.4 Å². The van der Waals surface area contributed by atoms with E-state index in [0.717, 1.165) is 5.56 Å². The highest BCUT2D eigenvalue weighted by Gasteiger charge is 2.10. The molecule has 0 aliphatic carbocycles. The summed E-state index contributed by atoms with van der Waals surface area (Å²) in [6.07, 6.45) is -0.917. The molecule has 0 bridgehead atoms. The number of anilines is 1. The first kappa shape index (κ1) is 16.3. The number of hydrogen-bond donors (Lipinski definition) is 3. The molecule has 0 aliphatic heterocycles. The summed E-state index contributed by atoms with van der Waals surface area (Å²) < 4.78 is 12.8. The topological polar surface area (TPSA) is 61.4 Å². The third-order valence-corrected chi connectivity index (χ3v) is 3.40. The Morgan fingerprint density at radius 1 is 1.27 bits per heavy atom. The number of hydrogen-bond acceptors (Lipinski definition) is 2. The van der Waals surface area contributed by atoms with Gasteiger partial charge in [0, 0.05) is 6.54 Å². The first-order valence-corrected chi connectivity index (χ1v) is 7.08. The monoisotopic (exact) mass is 322 g/mol. The molecule has 0 saturated heterocycles. The molecule has 116 valence electrons. The molecular weight excluding hydrogens is 307 g/mol. The van der Waals surface area contributed by atoms with E-state index in [4.69, 9.17) is 11.6 Å². The molecule has 1 unspecified atom stereocenters. The van der Waals surface area contributed by atoms with Gasteiger partial charge in [0.1, 0.15) is 5.82 Å². The van der Waals surface area contributed by atoms with Gasteiger partial charge in [-0.2, -0.15) is 0 Å². The number of carbonyl (C=O) groups excluding carboxylic acids is 1. The lowest BCUT2D eigenvalue weighted by Gasteiger charge is -2.13. The van der Waals surface area contributed by atoms with Gasteiger partial charge in [-0.25, -0.2) is 9.18 Å². The van der Waals surface area contributed by atoms with Gasteiger partial charge in [0.15, 0.2) is 0 Å². The number of nitrogens with one attached hydrogen (secondary N) is 2. The normalized spacial score (nSPS) is 11.8. The van der Waals surface area contributed by atoms with Crippen LogP contribution in [0.3, 0.4) is 0 Å². The van der Waals surface area contributed by atoms with Gasteiger partial charge >= 0.3 is 6.03 Å². The largest absolute Gasteiger partial charge is 0.387 e. The standard InChI is InChI=1S/C16H16ClFN2O2/c1-10-2-7-14(13(17)8-10)20-16(22)19-9-15(21)11-3-5-12(18)6-4-11/h2-8,15,21H,9H2,1H3,(H2,19,20,22). The van der Waals surface area contributed by atoms with E-state index in [1.165, 1.54) is 24.3 Å². The van der Waals surface area contributed by atoms with Gasteiger partial charge in [0.2, 0.25) is 0 Å². The first-order chi connectivity index (χ1) is 10.5. The molecule has 0 aliphatic rings. The Kier molecular flexibility index (Phi) is 5.35. The molecule has 2 aromatic rings. The number of urea groups is 1. The van der Waals surface area contributed by atoms with Crippen LogP contribution in [-0.2, 0) is 0 Å². The molecule has 22 heavy (non-hydrogen) atoms. The van der Waals surface area contributed by atoms with Crippen LogP contribution < -0.4 is 10.6 Å². The molecule has 0 spiro atoms. The van der Waals surface area contributed by atoms with Crippen LogP contribution in [0.25, 0.3) is 0 Å². The van der Waals surface area contributed by atoms with Crippen molar-refractivity contribution in [3.05, 3.63) is 64.4 Å². The van der Waals surface area contributed by atoms with Crippen molar-refractivity contribution in [2.75, 3.05) is 11.9 Å². The predicted octanol–water partition coefficient (Wildman–Crippen LogP) is 3.64. The highest BCUT2D eigenvalue weighted by Crippen LogP contribution is 2.22. The maximum Gasteiger partial charge on any atom is 0.319 e. The molecule has 3 N–H and O–H groups in total. The van der Waals surface area contributed by atoms with Crippen LogP contribution in [0.4, 0.5) is 14.9 Å². The van der Waals surface area contributed by atoms with Crippen LogP contribution in [0.15, 0.2) is 42.5 Å².